The van der Waals surface area contributed by atoms with E-state index in [0.717, 1.165) is 31.6 Å². The fourth-order valence-corrected chi connectivity index (χ4v) is 3.59. The average molecular weight is 240 g/mol. The summed E-state index contributed by atoms with van der Waals surface area (Å²) in [5.41, 5.74) is 6.36. The summed E-state index contributed by atoms with van der Waals surface area (Å²) >= 11 is 0. The van der Waals surface area contributed by atoms with E-state index in [2.05, 4.69) is 25.7 Å². The molecule has 17 heavy (non-hydrogen) atoms. The second kappa shape index (κ2) is 5.68. The highest BCUT2D eigenvalue weighted by molar-refractivity contribution is 4.88. The molecule has 0 bridgehead atoms. The first-order chi connectivity index (χ1) is 8.08. The van der Waals surface area contributed by atoms with Crippen molar-refractivity contribution in [3.63, 3.8) is 0 Å². The number of ether oxygens (including phenoxy) is 1. The zero-order valence-corrected chi connectivity index (χ0v) is 11.6. The molecule has 1 aliphatic heterocycles. The third-order valence-electron chi connectivity index (χ3n) is 4.68. The molecule has 0 radical (unpaired) electrons. The molecule has 1 saturated heterocycles. The summed E-state index contributed by atoms with van der Waals surface area (Å²) in [5.74, 6) is 2.24. The number of rotatable bonds is 2. The van der Waals surface area contributed by atoms with Crippen LogP contribution in [0.1, 0.15) is 33.6 Å². The molecule has 1 heterocycles. The molecule has 2 aliphatic rings. The Morgan fingerprint density at radius 1 is 1.24 bits per heavy atom. The van der Waals surface area contributed by atoms with Gasteiger partial charge in [-0.2, -0.15) is 0 Å². The van der Waals surface area contributed by atoms with Crippen LogP contribution in [-0.2, 0) is 4.74 Å². The molecule has 1 saturated carbocycles. The van der Waals surface area contributed by atoms with Crippen LogP contribution in [0.4, 0.5) is 0 Å². The van der Waals surface area contributed by atoms with E-state index in [1.807, 2.05) is 0 Å². The highest BCUT2D eigenvalue weighted by atomic mass is 16.5. The lowest BCUT2D eigenvalue weighted by molar-refractivity contribution is -0.0181. The first kappa shape index (κ1) is 13.3. The normalized spacial score (nSPS) is 44.8. The van der Waals surface area contributed by atoms with Crippen molar-refractivity contribution in [2.45, 2.75) is 45.7 Å². The lowest BCUT2D eigenvalue weighted by Gasteiger charge is -2.43. The van der Waals surface area contributed by atoms with Crippen LogP contribution in [0, 0.1) is 17.8 Å². The number of nitrogens with two attached hydrogens (primary N) is 1. The van der Waals surface area contributed by atoms with Crippen molar-refractivity contribution in [2.24, 2.45) is 23.5 Å². The molecule has 2 fully saturated rings. The van der Waals surface area contributed by atoms with Gasteiger partial charge in [0, 0.05) is 25.2 Å². The van der Waals surface area contributed by atoms with Crippen LogP contribution in [0.25, 0.3) is 0 Å². The van der Waals surface area contributed by atoms with E-state index in [0.29, 0.717) is 18.0 Å². The van der Waals surface area contributed by atoms with Gasteiger partial charge in [-0.1, -0.05) is 13.8 Å². The SMILES string of the molecule is CC1CC(C)C(CN2CCOCC2C)C(N)C1. The van der Waals surface area contributed by atoms with Gasteiger partial charge in [-0.05, 0) is 37.5 Å². The number of nitrogens with zero attached hydrogens (tertiary/aromatic N) is 1. The smallest absolute Gasteiger partial charge is 0.0619 e. The number of hydrogen-bond acceptors (Lipinski definition) is 3. The molecule has 3 heteroatoms. The van der Waals surface area contributed by atoms with Crippen LogP contribution in [0.2, 0.25) is 0 Å². The monoisotopic (exact) mass is 240 g/mol. The molecule has 0 aromatic carbocycles. The van der Waals surface area contributed by atoms with Gasteiger partial charge < -0.3 is 10.5 Å². The predicted molar refractivity (Wildman–Crippen MR) is 70.9 cm³/mol. The molecule has 100 valence electrons. The van der Waals surface area contributed by atoms with Gasteiger partial charge in [-0.15, -0.1) is 0 Å². The zero-order valence-electron chi connectivity index (χ0n) is 11.6. The van der Waals surface area contributed by atoms with Gasteiger partial charge in [-0.3, -0.25) is 4.90 Å². The minimum atomic E-state index is 0.392. The quantitative estimate of drug-likeness (QED) is 0.798. The van der Waals surface area contributed by atoms with Gasteiger partial charge in [-0.25, -0.2) is 0 Å². The Morgan fingerprint density at radius 3 is 2.65 bits per heavy atom. The van der Waals surface area contributed by atoms with E-state index in [1.165, 1.54) is 19.4 Å². The van der Waals surface area contributed by atoms with Crippen molar-refractivity contribution in [3.05, 3.63) is 0 Å². The summed E-state index contributed by atoms with van der Waals surface area (Å²) in [4.78, 5) is 2.57. The molecule has 0 spiro atoms. The minimum absolute atomic E-state index is 0.392. The first-order valence-electron chi connectivity index (χ1n) is 7.15. The molecule has 1 aliphatic carbocycles. The van der Waals surface area contributed by atoms with Crippen molar-refractivity contribution < 1.29 is 4.74 Å². The fraction of sp³-hybridized carbons (Fsp3) is 1.00. The standard InChI is InChI=1S/C14H28N2O/c1-10-6-11(2)13(14(15)7-10)8-16-4-5-17-9-12(16)3/h10-14H,4-9,15H2,1-3H3. The van der Waals surface area contributed by atoms with Crippen molar-refractivity contribution >= 4 is 0 Å². The molecule has 2 rings (SSSR count). The first-order valence-corrected chi connectivity index (χ1v) is 7.15. The maximum Gasteiger partial charge on any atom is 0.0619 e. The molecule has 5 unspecified atom stereocenters. The van der Waals surface area contributed by atoms with Crippen LogP contribution in [0.15, 0.2) is 0 Å². The van der Waals surface area contributed by atoms with Gasteiger partial charge in [0.05, 0.1) is 13.2 Å². The maximum absolute atomic E-state index is 6.36. The van der Waals surface area contributed by atoms with E-state index in [-0.39, 0.29) is 0 Å². The van der Waals surface area contributed by atoms with E-state index in [9.17, 15) is 0 Å². The maximum atomic E-state index is 6.36. The lowest BCUT2D eigenvalue weighted by atomic mass is 9.72. The van der Waals surface area contributed by atoms with Crippen molar-refractivity contribution in [1.29, 1.82) is 0 Å². The molecule has 3 nitrogen and oxygen atoms in total. The predicted octanol–water partition coefficient (Wildman–Crippen LogP) is 1.72. The fourth-order valence-electron chi connectivity index (χ4n) is 3.59. The minimum Gasteiger partial charge on any atom is -0.379 e. The van der Waals surface area contributed by atoms with E-state index in [1.54, 1.807) is 0 Å². The molecule has 0 aromatic rings. The van der Waals surface area contributed by atoms with Gasteiger partial charge in [0.15, 0.2) is 0 Å². The van der Waals surface area contributed by atoms with Crippen LogP contribution in [0.5, 0.6) is 0 Å². The van der Waals surface area contributed by atoms with Gasteiger partial charge in [0.25, 0.3) is 0 Å². The van der Waals surface area contributed by atoms with E-state index >= 15 is 0 Å². The molecular weight excluding hydrogens is 212 g/mol. The molecule has 5 atom stereocenters. The van der Waals surface area contributed by atoms with Crippen molar-refractivity contribution in [2.75, 3.05) is 26.3 Å². The molecule has 0 aromatic heterocycles. The molecule has 0 amide bonds. The Kier molecular flexibility index (Phi) is 4.45. The largest absolute Gasteiger partial charge is 0.379 e. The zero-order chi connectivity index (χ0) is 12.4. The summed E-state index contributed by atoms with van der Waals surface area (Å²) < 4.78 is 5.50. The van der Waals surface area contributed by atoms with E-state index < -0.39 is 0 Å². The number of hydrogen-bond donors (Lipinski definition) is 1. The Morgan fingerprint density at radius 2 is 2.00 bits per heavy atom. The lowest BCUT2D eigenvalue weighted by Crippen LogP contribution is -2.51. The van der Waals surface area contributed by atoms with Crippen molar-refractivity contribution in [3.8, 4) is 0 Å². The second-order valence-corrected chi connectivity index (χ2v) is 6.30. The van der Waals surface area contributed by atoms with Gasteiger partial charge in [0.2, 0.25) is 0 Å². The summed E-state index contributed by atoms with van der Waals surface area (Å²) in [7, 11) is 0. The molecule has 2 N–H and O–H groups in total. The van der Waals surface area contributed by atoms with Gasteiger partial charge >= 0.3 is 0 Å². The number of morpholine rings is 1. The average Bonchev–Trinajstić information content (AvgIpc) is 2.25. The summed E-state index contributed by atoms with van der Waals surface area (Å²) in [6.07, 6.45) is 2.55. The van der Waals surface area contributed by atoms with Crippen LogP contribution >= 0.6 is 0 Å². The Bertz CT molecular complexity index is 234. The van der Waals surface area contributed by atoms with E-state index in [4.69, 9.17) is 10.5 Å². The third-order valence-corrected chi connectivity index (χ3v) is 4.68. The third kappa shape index (κ3) is 3.21. The highest BCUT2D eigenvalue weighted by Crippen LogP contribution is 2.33. The summed E-state index contributed by atoms with van der Waals surface area (Å²) in [6.45, 7) is 11.0. The van der Waals surface area contributed by atoms with Crippen LogP contribution in [0.3, 0.4) is 0 Å². The Hall–Kier alpha value is -0.120. The van der Waals surface area contributed by atoms with Gasteiger partial charge in [0.1, 0.15) is 0 Å². The summed E-state index contributed by atoms with van der Waals surface area (Å²) in [6, 6.07) is 0.950. The van der Waals surface area contributed by atoms with Crippen LogP contribution in [-0.4, -0.2) is 43.3 Å². The van der Waals surface area contributed by atoms with Crippen molar-refractivity contribution in [1.82, 2.24) is 4.90 Å². The highest BCUT2D eigenvalue weighted by Gasteiger charge is 2.34. The second-order valence-electron chi connectivity index (χ2n) is 6.30. The van der Waals surface area contributed by atoms with Crippen LogP contribution < -0.4 is 5.73 Å². The molecular formula is C14H28N2O. The Labute approximate surface area is 106 Å². The summed E-state index contributed by atoms with van der Waals surface area (Å²) in [5, 5.41) is 0. The Balaban J connectivity index is 1.92. The topological polar surface area (TPSA) is 38.5 Å².